The number of aliphatic imine (C=N–C) groups is 1. The second-order valence-corrected chi connectivity index (χ2v) is 3.64. The number of nitrogens with zero attached hydrogens (tertiary/aromatic N) is 1. The summed E-state index contributed by atoms with van der Waals surface area (Å²) in [5.74, 6) is -1.22. The summed E-state index contributed by atoms with van der Waals surface area (Å²) in [5.41, 5.74) is 1.18. The van der Waals surface area contributed by atoms with Crippen LogP contribution < -0.4 is 0 Å². The maximum absolute atomic E-state index is 11.6. The van der Waals surface area contributed by atoms with Crippen molar-refractivity contribution in [3.8, 4) is 0 Å². The molecule has 76 valence electrons. The summed E-state index contributed by atoms with van der Waals surface area (Å²) >= 11 is 0. The van der Waals surface area contributed by atoms with E-state index in [2.05, 4.69) is 4.99 Å². The van der Waals surface area contributed by atoms with Crippen LogP contribution in [0.25, 0.3) is 10.8 Å². The number of fused-ring (bicyclic) bond motifs is 3. The number of carbonyl (C=O) groups is 2. The molecule has 0 spiro atoms. The SMILES string of the molecule is O=C1N=Cc2c(ccc3ccccc23)C1=O. The number of carbonyl (C=O) groups excluding carboxylic acids is 2. The summed E-state index contributed by atoms with van der Waals surface area (Å²) in [6.07, 6.45) is 1.47. The molecule has 1 aliphatic rings. The van der Waals surface area contributed by atoms with Gasteiger partial charge < -0.3 is 0 Å². The Labute approximate surface area is 91.4 Å². The molecule has 0 unspecified atom stereocenters. The van der Waals surface area contributed by atoms with E-state index in [4.69, 9.17) is 0 Å². The zero-order chi connectivity index (χ0) is 11.1. The van der Waals surface area contributed by atoms with E-state index in [0.29, 0.717) is 5.56 Å². The van der Waals surface area contributed by atoms with Gasteiger partial charge in [0, 0.05) is 17.3 Å². The van der Waals surface area contributed by atoms with Crippen LogP contribution in [0.2, 0.25) is 0 Å². The minimum absolute atomic E-state index is 0.443. The molecule has 0 atom stereocenters. The van der Waals surface area contributed by atoms with Crippen molar-refractivity contribution >= 4 is 28.7 Å². The standard InChI is InChI=1S/C13H7NO2/c15-12-10-6-5-8-3-1-2-4-9(8)11(10)7-14-13(12)16/h1-7H. The zero-order valence-electron chi connectivity index (χ0n) is 8.31. The van der Waals surface area contributed by atoms with Crippen molar-refractivity contribution in [2.45, 2.75) is 0 Å². The van der Waals surface area contributed by atoms with Gasteiger partial charge in [-0.25, -0.2) is 4.99 Å². The van der Waals surface area contributed by atoms with Crippen LogP contribution in [0.3, 0.4) is 0 Å². The highest BCUT2D eigenvalue weighted by atomic mass is 16.2. The van der Waals surface area contributed by atoms with Gasteiger partial charge in [0.2, 0.25) is 0 Å². The fourth-order valence-corrected chi connectivity index (χ4v) is 1.93. The Hall–Kier alpha value is -2.29. The number of hydrogen-bond acceptors (Lipinski definition) is 2. The molecule has 1 amide bonds. The van der Waals surface area contributed by atoms with Gasteiger partial charge in [-0.05, 0) is 16.8 Å². The summed E-state index contributed by atoms with van der Waals surface area (Å²) in [6.45, 7) is 0. The van der Waals surface area contributed by atoms with Gasteiger partial charge >= 0.3 is 5.91 Å². The van der Waals surface area contributed by atoms with Gasteiger partial charge in [-0.1, -0.05) is 30.3 Å². The molecule has 3 nitrogen and oxygen atoms in total. The molecule has 0 saturated heterocycles. The highest BCUT2D eigenvalue weighted by Gasteiger charge is 2.23. The van der Waals surface area contributed by atoms with Gasteiger partial charge in [-0.2, -0.15) is 0 Å². The Bertz CT molecular complexity index is 656. The molecule has 0 bridgehead atoms. The van der Waals surface area contributed by atoms with Gasteiger partial charge in [0.15, 0.2) is 0 Å². The molecular weight excluding hydrogens is 202 g/mol. The van der Waals surface area contributed by atoms with Crippen LogP contribution in [-0.4, -0.2) is 17.9 Å². The number of benzene rings is 2. The number of rotatable bonds is 0. The molecule has 0 aromatic heterocycles. The predicted molar refractivity (Wildman–Crippen MR) is 60.9 cm³/mol. The Morgan fingerprint density at radius 3 is 2.62 bits per heavy atom. The maximum atomic E-state index is 11.6. The second-order valence-electron chi connectivity index (χ2n) is 3.64. The third-order valence-corrected chi connectivity index (χ3v) is 2.72. The van der Waals surface area contributed by atoms with E-state index < -0.39 is 11.7 Å². The predicted octanol–water partition coefficient (Wildman–Crippen LogP) is 1.98. The molecule has 16 heavy (non-hydrogen) atoms. The third-order valence-electron chi connectivity index (χ3n) is 2.72. The maximum Gasteiger partial charge on any atom is 0.318 e. The van der Waals surface area contributed by atoms with Gasteiger partial charge in [0.05, 0.1) is 0 Å². The van der Waals surface area contributed by atoms with Crippen LogP contribution >= 0.6 is 0 Å². The molecule has 0 aliphatic carbocycles. The van der Waals surface area contributed by atoms with E-state index in [1.165, 1.54) is 6.21 Å². The summed E-state index contributed by atoms with van der Waals surface area (Å²) in [7, 11) is 0. The highest BCUT2D eigenvalue weighted by molar-refractivity contribution is 6.47. The zero-order valence-corrected chi connectivity index (χ0v) is 8.31. The summed E-state index contributed by atoms with van der Waals surface area (Å²) < 4.78 is 0. The Morgan fingerprint density at radius 2 is 1.75 bits per heavy atom. The first kappa shape index (κ1) is 8.97. The molecule has 0 saturated carbocycles. The Balaban J connectivity index is 2.43. The van der Waals surface area contributed by atoms with Crippen molar-refractivity contribution in [3.05, 3.63) is 47.5 Å². The van der Waals surface area contributed by atoms with E-state index in [0.717, 1.165) is 16.3 Å². The van der Waals surface area contributed by atoms with Gasteiger partial charge in [0.25, 0.3) is 5.78 Å². The van der Waals surface area contributed by atoms with Crippen LogP contribution in [0, 0.1) is 0 Å². The quantitative estimate of drug-likeness (QED) is 0.623. The van der Waals surface area contributed by atoms with Crippen molar-refractivity contribution in [3.63, 3.8) is 0 Å². The molecule has 0 fully saturated rings. The van der Waals surface area contributed by atoms with Gasteiger partial charge in [-0.3, -0.25) is 9.59 Å². The fraction of sp³-hybridized carbons (Fsp3) is 0. The van der Waals surface area contributed by atoms with Crippen LogP contribution in [-0.2, 0) is 4.79 Å². The summed E-state index contributed by atoms with van der Waals surface area (Å²) in [5, 5.41) is 1.99. The first-order chi connectivity index (χ1) is 7.77. The van der Waals surface area contributed by atoms with Crippen LogP contribution in [0.5, 0.6) is 0 Å². The van der Waals surface area contributed by atoms with Crippen molar-refractivity contribution in [1.29, 1.82) is 0 Å². The summed E-state index contributed by atoms with van der Waals surface area (Å²) in [4.78, 5) is 26.3. The lowest BCUT2D eigenvalue weighted by Crippen LogP contribution is -2.18. The van der Waals surface area contributed by atoms with E-state index in [9.17, 15) is 9.59 Å². The van der Waals surface area contributed by atoms with Crippen molar-refractivity contribution in [2.24, 2.45) is 4.99 Å². The van der Waals surface area contributed by atoms with Crippen LogP contribution in [0.1, 0.15) is 15.9 Å². The topological polar surface area (TPSA) is 46.5 Å². The third kappa shape index (κ3) is 1.11. The van der Waals surface area contributed by atoms with E-state index >= 15 is 0 Å². The largest absolute Gasteiger partial charge is 0.318 e. The molecule has 1 heterocycles. The van der Waals surface area contributed by atoms with E-state index in [-0.39, 0.29) is 0 Å². The number of hydrogen-bond donors (Lipinski definition) is 0. The number of amides is 1. The highest BCUT2D eigenvalue weighted by Crippen LogP contribution is 2.23. The summed E-state index contributed by atoms with van der Waals surface area (Å²) in [6, 6.07) is 11.2. The molecule has 1 aliphatic heterocycles. The first-order valence-corrected chi connectivity index (χ1v) is 4.92. The lowest BCUT2D eigenvalue weighted by molar-refractivity contribution is -0.113. The lowest BCUT2D eigenvalue weighted by atomic mass is 9.95. The molecule has 0 N–H and O–H groups in total. The average molecular weight is 209 g/mol. The van der Waals surface area contributed by atoms with Crippen molar-refractivity contribution in [1.82, 2.24) is 0 Å². The monoisotopic (exact) mass is 209 g/mol. The Morgan fingerprint density at radius 1 is 0.938 bits per heavy atom. The van der Waals surface area contributed by atoms with E-state index in [1.807, 2.05) is 30.3 Å². The normalized spacial score (nSPS) is 14.2. The molecule has 2 aromatic carbocycles. The van der Waals surface area contributed by atoms with E-state index in [1.54, 1.807) is 6.07 Å². The smallest absolute Gasteiger partial charge is 0.283 e. The molecule has 2 aromatic rings. The van der Waals surface area contributed by atoms with Crippen LogP contribution in [0.15, 0.2) is 41.4 Å². The molecule has 0 radical (unpaired) electrons. The van der Waals surface area contributed by atoms with Gasteiger partial charge in [0.1, 0.15) is 0 Å². The second kappa shape index (κ2) is 3.10. The first-order valence-electron chi connectivity index (χ1n) is 4.92. The molecule has 3 rings (SSSR count). The minimum atomic E-state index is -0.692. The number of Topliss-reactive ketones (excluding diaryl/α,β-unsaturated/α-hetero) is 1. The van der Waals surface area contributed by atoms with Crippen molar-refractivity contribution < 1.29 is 9.59 Å². The average Bonchev–Trinajstić information content (AvgIpc) is 2.33. The van der Waals surface area contributed by atoms with Gasteiger partial charge in [-0.15, -0.1) is 0 Å². The van der Waals surface area contributed by atoms with Crippen LogP contribution in [0.4, 0.5) is 0 Å². The fourth-order valence-electron chi connectivity index (χ4n) is 1.93. The number of ketones is 1. The lowest BCUT2D eigenvalue weighted by Gasteiger charge is -2.10. The molecular formula is C13H7NO2. The minimum Gasteiger partial charge on any atom is -0.283 e. The molecule has 3 heteroatoms. The Kier molecular flexibility index (Phi) is 1.74. The van der Waals surface area contributed by atoms with Crippen molar-refractivity contribution in [2.75, 3.05) is 0 Å².